The standard InChI is InChI=1S/C26H27N3O3S/c30-24(12-6-9-20-7-2-1-3-8-20)28-14-16-29(17-15-28)26(32)22-10-4-5-11-23(22)27-25(31)21-13-18-33-19-21/h1-5,7-8,10-11,13,18-19H,6,9,12,14-17H2,(H,27,31). The molecule has 4 rings (SSSR count). The third kappa shape index (κ3) is 5.87. The molecular formula is C26H27N3O3S. The molecule has 1 N–H and O–H groups in total. The van der Waals surface area contributed by atoms with Crippen molar-refractivity contribution >= 4 is 34.7 Å². The molecule has 170 valence electrons. The first kappa shape index (κ1) is 22.7. The Morgan fingerprint density at radius 1 is 0.848 bits per heavy atom. The van der Waals surface area contributed by atoms with Crippen LogP contribution in [0.25, 0.3) is 0 Å². The molecule has 1 aliphatic rings. The number of nitrogens with zero attached hydrogens (tertiary/aromatic N) is 2. The molecule has 0 saturated carbocycles. The third-order valence-electron chi connectivity index (χ3n) is 5.81. The van der Waals surface area contributed by atoms with E-state index in [0.717, 1.165) is 12.8 Å². The first-order chi connectivity index (χ1) is 16.1. The summed E-state index contributed by atoms with van der Waals surface area (Å²) in [5.41, 5.74) is 2.77. The number of rotatable bonds is 7. The molecular weight excluding hydrogens is 434 g/mol. The lowest BCUT2D eigenvalue weighted by Crippen LogP contribution is -2.50. The topological polar surface area (TPSA) is 69.7 Å². The van der Waals surface area contributed by atoms with Gasteiger partial charge in [-0.15, -0.1) is 0 Å². The number of anilines is 1. The highest BCUT2D eigenvalue weighted by Gasteiger charge is 2.26. The fourth-order valence-electron chi connectivity index (χ4n) is 3.94. The minimum atomic E-state index is -0.234. The minimum absolute atomic E-state index is 0.132. The summed E-state index contributed by atoms with van der Waals surface area (Å²) in [7, 11) is 0. The second-order valence-corrected chi connectivity index (χ2v) is 8.80. The molecule has 2 aromatic carbocycles. The van der Waals surface area contributed by atoms with Gasteiger partial charge in [0.15, 0.2) is 0 Å². The van der Waals surface area contributed by atoms with E-state index in [1.807, 2.05) is 28.5 Å². The number of piperazine rings is 1. The van der Waals surface area contributed by atoms with Gasteiger partial charge >= 0.3 is 0 Å². The van der Waals surface area contributed by atoms with Crippen molar-refractivity contribution in [3.8, 4) is 0 Å². The van der Waals surface area contributed by atoms with E-state index in [9.17, 15) is 14.4 Å². The normalized spacial score (nSPS) is 13.6. The number of hydrogen-bond donors (Lipinski definition) is 1. The predicted octanol–water partition coefficient (Wildman–Crippen LogP) is 4.31. The fraction of sp³-hybridized carbons (Fsp3) is 0.269. The molecule has 3 aromatic rings. The lowest BCUT2D eigenvalue weighted by Gasteiger charge is -2.35. The Morgan fingerprint density at radius 2 is 1.55 bits per heavy atom. The molecule has 0 aliphatic carbocycles. The maximum absolute atomic E-state index is 13.2. The lowest BCUT2D eigenvalue weighted by molar-refractivity contribution is -0.132. The number of carbonyl (C=O) groups is 3. The number of thiophene rings is 1. The van der Waals surface area contributed by atoms with Gasteiger partial charge in [-0.05, 0) is 42.0 Å². The summed E-state index contributed by atoms with van der Waals surface area (Å²) in [5, 5.41) is 6.47. The highest BCUT2D eigenvalue weighted by Crippen LogP contribution is 2.20. The zero-order valence-electron chi connectivity index (χ0n) is 18.4. The van der Waals surface area contributed by atoms with Crippen LogP contribution in [0, 0.1) is 0 Å². The van der Waals surface area contributed by atoms with E-state index in [-0.39, 0.29) is 17.7 Å². The van der Waals surface area contributed by atoms with Gasteiger partial charge < -0.3 is 15.1 Å². The van der Waals surface area contributed by atoms with Crippen molar-refractivity contribution in [3.63, 3.8) is 0 Å². The highest BCUT2D eigenvalue weighted by atomic mass is 32.1. The van der Waals surface area contributed by atoms with Crippen LogP contribution < -0.4 is 5.32 Å². The van der Waals surface area contributed by atoms with E-state index >= 15 is 0 Å². The van der Waals surface area contributed by atoms with E-state index < -0.39 is 0 Å². The molecule has 1 saturated heterocycles. The molecule has 7 heteroatoms. The van der Waals surface area contributed by atoms with Crippen LogP contribution in [0.5, 0.6) is 0 Å². The molecule has 0 bridgehead atoms. The Bertz CT molecular complexity index is 1090. The summed E-state index contributed by atoms with van der Waals surface area (Å²) >= 11 is 1.45. The molecule has 0 unspecified atom stereocenters. The molecule has 1 aromatic heterocycles. The van der Waals surface area contributed by atoms with Crippen LogP contribution in [-0.4, -0.2) is 53.7 Å². The van der Waals surface area contributed by atoms with Gasteiger partial charge in [-0.25, -0.2) is 0 Å². The summed E-state index contributed by atoms with van der Waals surface area (Å²) in [6.07, 6.45) is 2.22. The quantitative estimate of drug-likeness (QED) is 0.570. The number of benzene rings is 2. The summed E-state index contributed by atoms with van der Waals surface area (Å²) in [4.78, 5) is 41.8. The van der Waals surface area contributed by atoms with Crippen LogP contribution in [-0.2, 0) is 11.2 Å². The summed E-state index contributed by atoms with van der Waals surface area (Å²) < 4.78 is 0. The predicted molar refractivity (Wildman–Crippen MR) is 131 cm³/mol. The van der Waals surface area contributed by atoms with E-state index in [2.05, 4.69) is 17.4 Å². The van der Waals surface area contributed by atoms with Crippen LogP contribution >= 0.6 is 11.3 Å². The maximum atomic E-state index is 13.2. The largest absolute Gasteiger partial charge is 0.339 e. The highest BCUT2D eigenvalue weighted by molar-refractivity contribution is 7.08. The summed E-state index contributed by atoms with van der Waals surface area (Å²) in [6, 6.07) is 19.0. The molecule has 33 heavy (non-hydrogen) atoms. The first-order valence-electron chi connectivity index (χ1n) is 11.2. The van der Waals surface area contributed by atoms with Crippen LogP contribution in [0.4, 0.5) is 5.69 Å². The van der Waals surface area contributed by atoms with Crippen LogP contribution in [0.15, 0.2) is 71.4 Å². The van der Waals surface area contributed by atoms with Gasteiger partial charge in [0.1, 0.15) is 0 Å². The van der Waals surface area contributed by atoms with Gasteiger partial charge in [-0.2, -0.15) is 11.3 Å². The van der Waals surface area contributed by atoms with Crippen molar-refractivity contribution in [2.45, 2.75) is 19.3 Å². The first-order valence-corrected chi connectivity index (χ1v) is 12.1. The van der Waals surface area contributed by atoms with Crippen molar-refractivity contribution in [1.82, 2.24) is 9.80 Å². The Morgan fingerprint density at radius 3 is 2.27 bits per heavy atom. The molecule has 6 nitrogen and oxygen atoms in total. The van der Waals surface area contributed by atoms with Crippen LogP contribution in [0.3, 0.4) is 0 Å². The molecule has 3 amide bonds. The molecule has 1 aliphatic heterocycles. The van der Waals surface area contributed by atoms with Gasteiger partial charge in [-0.3, -0.25) is 14.4 Å². The Kier molecular flexibility index (Phi) is 7.52. The second-order valence-electron chi connectivity index (χ2n) is 8.02. The van der Waals surface area contributed by atoms with Gasteiger partial charge in [0, 0.05) is 38.0 Å². The Labute approximate surface area is 197 Å². The number of amides is 3. The molecule has 1 fully saturated rings. The SMILES string of the molecule is O=C(Nc1ccccc1C(=O)N1CCN(C(=O)CCCc2ccccc2)CC1)c1ccsc1. The maximum Gasteiger partial charge on any atom is 0.256 e. The van der Waals surface area contributed by atoms with Gasteiger partial charge in [0.2, 0.25) is 5.91 Å². The Balaban J connectivity index is 1.29. The van der Waals surface area contributed by atoms with Crippen molar-refractivity contribution in [2.75, 3.05) is 31.5 Å². The number of nitrogens with one attached hydrogen (secondary N) is 1. The third-order valence-corrected chi connectivity index (χ3v) is 6.49. The van der Waals surface area contributed by atoms with Crippen molar-refractivity contribution in [2.24, 2.45) is 0 Å². The van der Waals surface area contributed by atoms with Crippen LogP contribution in [0.1, 0.15) is 39.1 Å². The number of aryl methyl sites for hydroxylation is 1. The minimum Gasteiger partial charge on any atom is -0.339 e. The smallest absolute Gasteiger partial charge is 0.256 e. The van der Waals surface area contributed by atoms with Gasteiger partial charge in [0.25, 0.3) is 11.8 Å². The summed E-state index contributed by atoms with van der Waals surface area (Å²) in [6.45, 7) is 2.02. The lowest BCUT2D eigenvalue weighted by atomic mass is 10.1. The number of carbonyl (C=O) groups excluding carboxylic acids is 3. The Hall–Kier alpha value is -3.45. The monoisotopic (exact) mass is 461 g/mol. The van der Waals surface area contributed by atoms with Crippen LogP contribution in [0.2, 0.25) is 0 Å². The van der Waals surface area contributed by atoms with Crippen molar-refractivity contribution < 1.29 is 14.4 Å². The second kappa shape index (κ2) is 10.9. The van der Waals surface area contributed by atoms with Gasteiger partial charge in [0.05, 0.1) is 16.8 Å². The van der Waals surface area contributed by atoms with Crippen molar-refractivity contribution in [3.05, 3.63) is 88.1 Å². The van der Waals surface area contributed by atoms with Gasteiger partial charge in [-0.1, -0.05) is 42.5 Å². The molecule has 0 radical (unpaired) electrons. The molecule has 0 atom stereocenters. The van der Waals surface area contributed by atoms with E-state index in [4.69, 9.17) is 0 Å². The summed E-state index contributed by atoms with van der Waals surface area (Å²) in [5.74, 6) is -0.226. The van der Waals surface area contributed by atoms with E-state index in [0.29, 0.717) is 49.4 Å². The zero-order valence-corrected chi connectivity index (χ0v) is 19.2. The molecule has 2 heterocycles. The van der Waals surface area contributed by atoms with Crippen molar-refractivity contribution in [1.29, 1.82) is 0 Å². The van der Waals surface area contributed by atoms with E-state index in [1.54, 1.807) is 40.6 Å². The average Bonchev–Trinajstić information content (AvgIpc) is 3.40. The fourth-order valence-corrected chi connectivity index (χ4v) is 4.58. The van der Waals surface area contributed by atoms with E-state index in [1.165, 1.54) is 16.9 Å². The zero-order chi connectivity index (χ0) is 23.0. The number of hydrogen-bond acceptors (Lipinski definition) is 4. The number of para-hydroxylation sites is 1. The average molecular weight is 462 g/mol. The molecule has 0 spiro atoms.